The maximum Gasteiger partial charge on any atom is 0.340 e. The van der Waals surface area contributed by atoms with Crippen molar-refractivity contribution in [2.45, 2.75) is 12.5 Å². The van der Waals surface area contributed by atoms with Crippen molar-refractivity contribution in [3.63, 3.8) is 0 Å². The summed E-state index contributed by atoms with van der Waals surface area (Å²) >= 11 is 0. The van der Waals surface area contributed by atoms with E-state index < -0.39 is 5.97 Å². The Morgan fingerprint density at radius 3 is 2.94 bits per heavy atom. The zero-order valence-corrected chi connectivity index (χ0v) is 10.8. The molecule has 1 heterocycles. The molecule has 2 rings (SSSR count). The zero-order chi connectivity index (χ0) is 13.1. The third-order valence-electron chi connectivity index (χ3n) is 3.22. The molecular formula is C13H19N3O2. The summed E-state index contributed by atoms with van der Waals surface area (Å²) in [6.07, 6.45) is 1.11. The van der Waals surface area contributed by atoms with Crippen molar-refractivity contribution in [2.24, 2.45) is 0 Å². The molecule has 18 heavy (non-hydrogen) atoms. The molecule has 1 aliphatic heterocycles. The molecule has 1 atom stereocenters. The number of carbonyl (C=O) groups excluding carboxylic acids is 1. The minimum absolute atomic E-state index is 0.403. The fraction of sp³-hybridized carbons (Fsp3) is 0.462. The normalized spacial score (nSPS) is 19.8. The molecule has 0 aromatic heterocycles. The van der Waals surface area contributed by atoms with E-state index in [0.29, 0.717) is 17.3 Å². The molecule has 1 aliphatic rings. The highest BCUT2D eigenvalue weighted by Gasteiger charge is 2.19. The number of methoxy groups -OCH3 is 1. The van der Waals surface area contributed by atoms with Crippen LogP contribution in [-0.2, 0) is 4.74 Å². The second-order valence-corrected chi connectivity index (χ2v) is 4.69. The minimum Gasteiger partial charge on any atom is -0.465 e. The molecular weight excluding hydrogens is 230 g/mol. The van der Waals surface area contributed by atoms with Gasteiger partial charge in [0.05, 0.1) is 12.7 Å². The molecule has 98 valence electrons. The lowest BCUT2D eigenvalue weighted by Crippen LogP contribution is -2.23. The van der Waals surface area contributed by atoms with Crippen LogP contribution in [0.4, 0.5) is 11.4 Å². The summed E-state index contributed by atoms with van der Waals surface area (Å²) in [5, 5.41) is 3.41. The number of carbonyl (C=O) groups is 1. The molecule has 5 nitrogen and oxygen atoms in total. The van der Waals surface area contributed by atoms with Crippen molar-refractivity contribution in [3.05, 3.63) is 23.8 Å². The van der Waals surface area contributed by atoms with Crippen LogP contribution in [0.5, 0.6) is 0 Å². The largest absolute Gasteiger partial charge is 0.465 e. The van der Waals surface area contributed by atoms with Gasteiger partial charge in [0.1, 0.15) is 0 Å². The molecule has 0 aliphatic carbocycles. The fourth-order valence-corrected chi connectivity index (χ4v) is 2.22. The van der Waals surface area contributed by atoms with Gasteiger partial charge in [0.2, 0.25) is 0 Å². The summed E-state index contributed by atoms with van der Waals surface area (Å²) < 4.78 is 4.70. The summed E-state index contributed by atoms with van der Waals surface area (Å²) in [5.41, 5.74) is 7.52. The predicted molar refractivity (Wildman–Crippen MR) is 71.7 cm³/mol. The van der Waals surface area contributed by atoms with Crippen molar-refractivity contribution in [2.75, 3.05) is 38.3 Å². The molecule has 0 bridgehead atoms. The quantitative estimate of drug-likeness (QED) is 0.622. The molecule has 3 N–H and O–H groups in total. The van der Waals surface area contributed by atoms with E-state index in [9.17, 15) is 4.79 Å². The third-order valence-corrected chi connectivity index (χ3v) is 3.22. The first-order chi connectivity index (χ1) is 8.60. The number of ether oxygens (including phenoxy) is 1. The summed E-state index contributed by atoms with van der Waals surface area (Å²) in [7, 11) is 3.46. The highest BCUT2D eigenvalue weighted by molar-refractivity contribution is 5.96. The number of nitrogens with zero attached hydrogens (tertiary/aromatic N) is 1. The summed E-state index contributed by atoms with van der Waals surface area (Å²) in [4.78, 5) is 13.8. The monoisotopic (exact) mass is 249 g/mol. The number of nitrogens with one attached hydrogen (secondary N) is 1. The maximum atomic E-state index is 11.5. The molecule has 1 fully saturated rings. The topological polar surface area (TPSA) is 67.6 Å². The van der Waals surface area contributed by atoms with Gasteiger partial charge in [-0.2, -0.15) is 0 Å². The molecule has 1 saturated heterocycles. The number of hydrogen-bond acceptors (Lipinski definition) is 5. The van der Waals surface area contributed by atoms with E-state index in [0.717, 1.165) is 25.2 Å². The van der Waals surface area contributed by atoms with Crippen LogP contribution >= 0.6 is 0 Å². The van der Waals surface area contributed by atoms with Gasteiger partial charge in [0.25, 0.3) is 0 Å². The van der Waals surface area contributed by atoms with Gasteiger partial charge in [-0.25, -0.2) is 4.79 Å². The fourth-order valence-electron chi connectivity index (χ4n) is 2.22. The number of nitrogens with two attached hydrogens (primary N) is 1. The van der Waals surface area contributed by atoms with Crippen molar-refractivity contribution in [3.8, 4) is 0 Å². The standard InChI is InChI=1S/C13H19N3O2/c1-16-6-5-10(8-16)15-9-3-4-12(14)11(7-9)13(17)18-2/h3-4,7,10,15H,5-6,8,14H2,1-2H3. The number of esters is 1. The summed E-state index contributed by atoms with van der Waals surface area (Å²) in [5.74, 6) is -0.403. The Morgan fingerprint density at radius 1 is 1.56 bits per heavy atom. The van der Waals surface area contributed by atoms with Gasteiger partial charge in [-0.1, -0.05) is 0 Å². The van der Waals surface area contributed by atoms with Crippen molar-refractivity contribution < 1.29 is 9.53 Å². The number of hydrogen-bond donors (Lipinski definition) is 2. The van der Waals surface area contributed by atoms with Crippen molar-refractivity contribution in [1.29, 1.82) is 0 Å². The summed E-state index contributed by atoms with van der Waals surface area (Å²) in [6.45, 7) is 2.11. The van der Waals surface area contributed by atoms with Gasteiger partial charge in [0, 0.05) is 24.0 Å². The Morgan fingerprint density at radius 2 is 2.33 bits per heavy atom. The minimum atomic E-state index is -0.403. The van der Waals surface area contributed by atoms with E-state index >= 15 is 0 Å². The molecule has 1 aromatic rings. The lowest BCUT2D eigenvalue weighted by Gasteiger charge is -2.15. The van der Waals surface area contributed by atoms with Crippen LogP contribution in [0.2, 0.25) is 0 Å². The van der Waals surface area contributed by atoms with E-state index in [2.05, 4.69) is 17.3 Å². The highest BCUT2D eigenvalue weighted by atomic mass is 16.5. The Kier molecular flexibility index (Phi) is 3.72. The summed E-state index contributed by atoms with van der Waals surface area (Å²) in [6, 6.07) is 5.79. The van der Waals surface area contributed by atoms with Gasteiger partial charge in [-0.15, -0.1) is 0 Å². The number of anilines is 2. The van der Waals surface area contributed by atoms with E-state index in [1.165, 1.54) is 7.11 Å². The van der Waals surface area contributed by atoms with Crippen LogP contribution in [0.15, 0.2) is 18.2 Å². The first-order valence-corrected chi connectivity index (χ1v) is 6.03. The van der Waals surface area contributed by atoms with Gasteiger partial charge >= 0.3 is 5.97 Å². The first kappa shape index (κ1) is 12.7. The number of benzene rings is 1. The van der Waals surface area contributed by atoms with Gasteiger partial charge in [-0.3, -0.25) is 0 Å². The van der Waals surface area contributed by atoms with E-state index in [-0.39, 0.29) is 0 Å². The van der Waals surface area contributed by atoms with Crippen LogP contribution in [0.3, 0.4) is 0 Å². The number of rotatable bonds is 3. The Hall–Kier alpha value is -1.75. The second-order valence-electron chi connectivity index (χ2n) is 4.69. The van der Waals surface area contributed by atoms with Gasteiger partial charge in [0.15, 0.2) is 0 Å². The lowest BCUT2D eigenvalue weighted by atomic mass is 10.1. The van der Waals surface area contributed by atoms with E-state index in [1.807, 2.05) is 6.07 Å². The first-order valence-electron chi connectivity index (χ1n) is 6.03. The Bertz CT molecular complexity index is 448. The second kappa shape index (κ2) is 5.27. The number of likely N-dealkylation sites (N-methyl/N-ethyl adjacent to an activating group) is 1. The van der Waals surface area contributed by atoms with Crippen LogP contribution in [0, 0.1) is 0 Å². The maximum absolute atomic E-state index is 11.5. The average Bonchev–Trinajstić information content (AvgIpc) is 2.76. The van der Waals surface area contributed by atoms with E-state index in [4.69, 9.17) is 10.5 Å². The molecule has 0 amide bonds. The molecule has 1 aromatic carbocycles. The molecule has 0 radical (unpaired) electrons. The lowest BCUT2D eigenvalue weighted by molar-refractivity contribution is 0.0602. The SMILES string of the molecule is COC(=O)c1cc(NC2CCN(C)C2)ccc1N. The Labute approximate surface area is 107 Å². The predicted octanol–water partition coefficient (Wildman–Crippen LogP) is 1.17. The third kappa shape index (κ3) is 2.73. The van der Waals surface area contributed by atoms with Crippen LogP contribution in [0.1, 0.15) is 16.8 Å². The molecule has 0 spiro atoms. The van der Waals surface area contributed by atoms with Crippen LogP contribution in [-0.4, -0.2) is 44.2 Å². The van der Waals surface area contributed by atoms with Crippen LogP contribution in [0.25, 0.3) is 0 Å². The van der Waals surface area contributed by atoms with Crippen LogP contribution < -0.4 is 11.1 Å². The smallest absolute Gasteiger partial charge is 0.340 e. The number of likely N-dealkylation sites (tertiary alicyclic amines) is 1. The van der Waals surface area contributed by atoms with Gasteiger partial charge in [-0.05, 0) is 38.2 Å². The molecule has 1 unspecified atom stereocenters. The zero-order valence-electron chi connectivity index (χ0n) is 10.8. The van der Waals surface area contributed by atoms with Gasteiger partial charge < -0.3 is 20.7 Å². The number of nitrogen functional groups attached to an aromatic ring is 1. The molecule has 0 saturated carbocycles. The highest BCUT2D eigenvalue weighted by Crippen LogP contribution is 2.21. The average molecular weight is 249 g/mol. The van der Waals surface area contributed by atoms with Crippen molar-refractivity contribution >= 4 is 17.3 Å². The van der Waals surface area contributed by atoms with Crippen molar-refractivity contribution in [1.82, 2.24) is 4.90 Å². The Balaban J connectivity index is 2.12. The molecule has 5 heteroatoms. The van der Waals surface area contributed by atoms with E-state index in [1.54, 1.807) is 12.1 Å².